The third kappa shape index (κ3) is 4.07. The van der Waals surface area contributed by atoms with E-state index < -0.39 is 5.54 Å². The molecular formula is C19H28Cl2N2O. The first kappa shape index (κ1) is 19.6. The lowest BCUT2D eigenvalue weighted by atomic mass is 9.65. The number of rotatable bonds is 3. The molecule has 0 heterocycles. The van der Waals surface area contributed by atoms with Gasteiger partial charge in [-0.15, -0.1) is 12.4 Å². The van der Waals surface area contributed by atoms with Crippen LogP contribution in [0.4, 0.5) is 0 Å². The third-order valence-corrected chi connectivity index (χ3v) is 6.00. The molecule has 3 nitrogen and oxygen atoms in total. The van der Waals surface area contributed by atoms with E-state index in [0.29, 0.717) is 22.9 Å². The summed E-state index contributed by atoms with van der Waals surface area (Å²) in [5, 5.41) is 3.93. The number of carbonyl (C=O) groups excluding carboxylic acids is 1. The molecule has 24 heavy (non-hydrogen) atoms. The van der Waals surface area contributed by atoms with Crippen LogP contribution in [0.25, 0.3) is 0 Å². The van der Waals surface area contributed by atoms with Crippen molar-refractivity contribution in [3.63, 3.8) is 0 Å². The van der Waals surface area contributed by atoms with Crippen molar-refractivity contribution in [3.05, 3.63) is 34.9 Å². The lowest BCUT2D eigenvalue weighted by Gasteiger charge is -2.44. The van der Waals surface area contributed by atoms with Crippen molar-refractivity contribution in [2.24, 2.45) is 23.5 Å². The van der Waals surface area contributed by atoms with Gasteiger partial charge in [0.25, 0.3) is 0 Å². The quantitative estimate of drug-likeness (QED) is 0.834. The third-order valence-electron chi connectivity index (χ3n) is 5.77. The summed E-state index contributed by atoms with van der Waals surface area (Å²) in [5.41, 5.74) is 6.95. The Morgan fingerprint density at radius 2 is 1.88 bits per heavy atom. The minimum Gasteiger partial charge on any atom is -0.347 e. The predicted molar refractivity (Wildman–Crippen MR) is 101 cm³/mol. The van der Waals surface area contributed by atoms with Crippen LogP contribution in [0.5, 0.6) is 0 Å². The van der Waals surface area contributed by atoms with Crippen LogP contribution < -0.4 is 11.1 Å². The molecule has 134 valence electrons. The van der Waals surface area contributed by atoms with E-state index in [1.165, 1.54) is 19.3 Å². The fourth-order valence-corrected chi connectivity index (χ4v) is 4.55. The fraction of sp³-hybridized carbons (Fsp3) is 0.632. The molecule has 2 saturated carbocycles. The van der Waals surface area contributed by atoms with E-state index in [0.717, 1.165) is 18.4 Å². The van der Waals surface area contributed by atoms with E-state index in [9.17, 15) is 4.79 Å². The van der Waals surface area contributed by atoms with Crippen molar-refractivity contribution in [1.82, 2.24) is 5.32 Å². The summed E-state index contributed by atoms with van der Waals surface area (Å²) in [6.07, 6.45) is 5.51. The average molecular weight is 371 g/mol. The molecule has 1 amide bonds. The molecule has 2 bridgehead atoms. The van der Waals surface area contributed by atoms with Crippen LogP contribution in [0, 0.1) is 17.8 Å². The van der Waals surface area contributed by atoms with E-state index in [1.807, 2.05) is 38.1 Å². The standard InChI is InChI=1S/C19H27ClN2O.ClH/c1-19(2,15-7-4-8-16(20)11-15)22-18(23)14-9-12-5-3-6-13(10-14)17(12)21;/h4,7-8,11-14,17H,3,5-6,9-10,21H2,1-2H3,(H,22,23);1H. The molecule has 0 spiro atoms. The van der Waals surface area contributed by atoms with Gasteiger partial charge in [-0.3, -0.25) is 4.79 Å². The second-order valence-electron chi connectivity index (χ2n) is 7.82. The van der Waals surface area contributed by atoms with Gasteiger partial charge in [0.15, 0.2) is 0 Å². The summed E-state index contributed by atoms with van der Waals surface area (Å²) in [5.74, 6) is 1.31. The summed E-state index contributed by atoms with van der Waals surface area (Å²) in [6, 6.07) is 8.02. The van der Waals surface area contributed by atoms with E-state index in [1.54, 1.807) is 0 Å². The highest BCUT2D eigenvalue weighted by molar-refractivity contribution is 6.30. The largest absolute Gasteiger partial charge is 0.347 e. The Balaban J connectivity index is 0.00000208. The van der Waals surface area contributed by atoms with Crippen LogP contribution in [-0.4, -0.2) is 11.9 Å². The Morgan fingerprint density at radius 1 is 1.25 bits per heavy atom. The molecule has 2 aliphatic rings. The van der Waals surface area contributed by atoms with Crippen molar-refractivity contribution in [2.75, 3.05) is 0 Å². The van der Waals surface area contributed by atoms with E-state index in [4.69, 9.17) is 17.3 Å². The maximum absolute atomic E-state index is 12.8. The zero-order valence-electron chi connectivity index (χ0n) is 14.4. The lowest BCUT2D eigenvalue weighted by Crippen LogP contribution is -2.51. The molecule has 3 rings (SSSR count). The van der Waals surface area contributed by atoms with E-state index in [2.05, 4.69) is 5.32 Å². The second-order valence-corrected chi connectivity index (χ2v) is 8.26. The number of hydrogen-bond acceptors (Lipinski definition) is 2. The van der Waals surface area contributed by atoms with Crippen LogP contribution in [0.3, 0.4) is 0 Å². The molecule has 2 atom stereocenters. The Hall–Kier alpha value is -0.770. The van der Waals surface area contributed by atoms with Crippen molar-refractivity contribution in [1.29, 1.82) is 0 Å². The zero-order chi connectivity index (χ0) is 16.6. The zero-order valence-corrected chi connectivity index (χ0v) is 16.0. The van der Waals surface area contributed by atoms with Gasteiger partial charge in [-0.05, 0) is 69.1 Å². The summed E-state index contributed by atoms with van der Waals surface area (Å²) < 4.78 is 0. The first-order chi connectivity index (χ1) is 10.9. The topological polar surface area (TPSA) is 55.1 Å². The average Bonchev–Trinajstić information content (AvgIpc) is 2.46. The maximum atomic E-state index is 12.8. The molecule has 0 aromatic heterocycles. The van der Waals surface area contributed by atoms with Gasteiger partial charge in [-0.2, -0.15) is 0 Å². The molecule has 1 aromatic carbocycles. The van der Waals surface area contributed by atoms with Crippen LogP contribution in [-0.2, 0) is 10.3 Å². The predicted octanol–water partition coefficient (Wildman–Crippen LogP) is 4.27. The smallest absolute Gasteiger partial charge is 0.223 e. The van der Waals surface area contributed by atoms with Crippen molar-refractivity contribution in [3.8, 4) is 0 Å². The Morgan fingerprint density at radius 3 is 2.46 bits per heavy atom. The Bertz CT molecular complexity index is 576. The first-order valence-electron chi connectivity index (χ1n) is 8.70. The summed E-state index contributed by atoms with van der Waals surface area (Å²) in [6.45, 7) is 4.07. The number of amides is 1. The number of hydrogen-bond donors (Lipinski definition) is 2. The van der Waals surface area contributed by atoms with Crippen LogP contribution in [0.1, 0.15) is 51.5 Å². The summed E-state index contributed by atoms with van der Waals surface area (Å²) in [7, 11) is 0. The van der Waals surface area contributed by atoms with Gasteiger partial charge in [-0.1, -0.05) is 30.2 Å². The van der Waals surface area contributed by atoms with Gasteiger partial charge in [0.1, 0.15) is 0 Å². The minimum atomic E-state index is -0.420. The van der Waals surface area contributed by atoms with Crippen molar-refractivity contribution in [2.45, 2.75) is 57.5 Å². The Labute approximate surface area is 156 Å². The number of fused-ring (bicyclic) bond motifs is 2. The molecule has 2 aliphatic carbocycles. The van der Waals surface area contributed by atoms with Crippen LogP contribution >= 0.6 is 24.0 Å². The molecule has 2 unspecified atom stereocenters. The minimum absolute atomic E-state index is 0. The highest BCUT2D eigenvalue weighted by Gasteiger charge is 2.41. The molecule has 0 aliphatic heterocycles. The van der Waals surface area contributed by atoms with Crippen LogP contribution in [0.2, 0.25) is 5.02 Å². The van der Waals surface area contributed by atoms with Gasteiger partial charge in [0, 0.05) is 17.0 Å². The SMILES string of the molecule is CC(C)(NC(=O)C1CC2CCCC(C1)C2N)c1cccc(Cl)c1.Cl. The molecule has 0 radical (unpaired) electrons. The van der Waals surface area contributed by atoms with Gasteiger partial charge in [0.05, 0.1) is 5.54 Å². The number of nitrogens with two attached hydrogens (primary N) is 1. The molecule has 3 N–H and O–H groups in total. The maximum Gasteiger partial charge on any atom is 0.223 e. The van der Waals surface area contributed by atoms with Crippen molar-refractivity contribution >= 4 is 29.9 Å². The van der Waals surface area contributed by atoms with Gasteiger partial charge in [-0.25, -0.2) is 0 Å². The Kier molecular flexibility index (Phi) is 6.22. The highest BCUT2D eigenvalue weighted by atomic mass is 35.5. The van der Waals surface area contributed by atoms with Gasteiger partial charge in [0.2, 0.25) is 5.91 Å². The fourth-order valence-electron chi connectivity index (χ4n) is 4.36. The number of benzene rings is 1. The van der Waals surface area contributed by atoms with Gasteiger partial charge >= 0.3 is 0 Å². The summed E-state index contributed by atoms with van der Waals surface area (Å²) in [4.78, 5) is 12.8. The van der Waals surface area contributed by atoms with E-state index >= 15 is 0 Å². The molecule has 0 saturated heterocycles. The van der Waals surface area contributed by atoms with Gasteiger partial charge < -0.3 is 11.1 Å². The van der Waals surface area contributed by atoms with Crippen LogP contribution in [0.15, 0.2) is 24.3 Å². The molecule has 1 aromatic rings. The normalized spacial score (nSPS) is 29.5. The molecule has 5 heteroatoms. The number of halogens is 2. The van der Waals surface area contributed by atoms with E-state index in [-0.39, 0.29) is 24.2 Å². The molecule has 2 fully saturated rings. The lowest BCUT2D eigenvalue weighted by molar-refractivity contribution is -0.129. The monoisotopic (exact) mass is 370 g/mol. The van der Waals surface area contributed by atoms with Crippen molar-refractivity contribution < 1.29 is 4.79 Å². The summed E-state index contributed by atoms with van der Waals surface area (Å²) >= 11 is 6.09. The first-order valence-corrected chi connectivity index (χ1v) is 9.08. The highest BCUT2D eigenvalue weighted by Crippen LogP contribution is 2.42. The second kappa shape index (κ2) is 7.63. The number of nitrogens with one attached hydrogen (secondary N) is 1. The number of carbonyl (C=O) groups is 1. The molecular weight excluding hydrogens is 343 g/mol.